The van der Waals surface area contributed by atoms with Crippen molar-refractivity contribution in [3.63, 3.8) is 0 Å². The zero-order valence-electron chi connectivity index (χ0n) is 16.0. The van der Waals surface area contributed by atoms with Crippen LogP contribution in [0.2, 0.25) is 0 Å². The van der Waals surface area contributed by atoms with Crippen LogP contribution in [0.3, 0.4) is 0 Å². The third kappa shape index (κ3) is 3.19. The van der Waals surface area contributed by atoms with Gasteiger partial charge in [0, 0.05) is 37.2 Å². The summed E-state index contributed by atoms with van der Waals surface area (Å²) in [4.78, 5) is 23.6. The molecule has 2 aliphatic rings. The van der Waals surface area contributed by atoms with Gasteiger partial charge in [-0.3, -0.25) is 9.78 Å². The number of aromatic nitrogens is 4. The van der Waals surface area contributed by atoms with E-state index in [0.717, 1.165) is 42.3 Å². The van der Waals surface area contributed by atoms with Crippen LogP contribution >= 0.6 is 0 Å². The van der Waals surface area contributed by atoms with E-state index in [1.807, 2.05) is 47.0 Å². The average molecular weight is 373 g/mol. The molecule has 3 heterocycles. The van der Waals surface area contributed by atoms with E-state index < -0.39 is 0 Å². The first-order valence-electron chi connectivity index (χ1n) is 9.88. The molecule has 0 bridgehead atoms. The average Bonchev–Trinajstić information content (AvgIpc) is 3.39. The summed E-state index contributed by atoms with van der Waals surface area (Å²) in [6.07, 6.45) is 6.47. The number of amides is 1. The molecule has 0 radical (unpaired) electrons. The minimum absolute atomic E-state index is 0.183. The second-order valence-corrected chi connectivity index (χ2v) is 7.82. The largest absolute Gasteiger partial charge is 0.335 e. The Balaban J connectivity index is 1.43. The molecule has 3 aromatic rings. The van der Waals surface area contributed by atoms with Gasteiger partial charge in [0.1, 0.15) is 0 Å². The van der Waals surface area contributed by atoms with Crippen LogP contribution in [0.4, 0.5) is 0 Å². The third-order valence-electron chi connectivity index (χ3n) is 5.67. The number of carbonyl (C=O) groups is 1. The van der Waals surface area contributed by atoms with Crippen LogP contribution in [-0.4, -0.2) is 37.1 Å². The molecular weight excluding hydrogens is 350 g/mol. The van der Waals surface area contributed by atoms with E-state index in [0.29, 0.717) is 18.9 Å². The van der Waals surface area contributed by atoms with E-state index in [1.165, 1.54) is 5.56 Å². The topological polar surface area (TPSA) is 63.9 Å². The molecule has 1 saturated heterocycles. The molecule has 1 aliphatic carbocycles. The predicted molar refractivity (Wildman–Crippen MR) is 105 cm³/mol. The first kappa shape index (κ1) is 17.1. The Kier molecular flexibility index (Phi) is 4.19. The van der Waals surface area contributed by atoms with Crippen LogP contribution in [0.1, 0.15) is 53.9 Å². The second-order valence-electron chi connectivity index (χ2n) is 7.82. The van der Waals surface area contributed by atoms with Crippen molar-refractivity contribution in [1.82, 2.24) is 24.6 Å². The van der Waals surface area contributed by atoms with Crippen molar-refractivity contribution < 1.29 is 4.79 Å². The van der Waals surface area contributed by atoms with Gasteiger partial charge in [0.15, 0.2) is 11.6 Å². The van der Waals surface area contributed by atoms with Crippen molar-refractivity contribution in [2.24, 2.45) is 0 Å². The fourth-order valence-corrected chi connectivity index (χ4v) is 3.92. The Bertz CT molecular complexity index is 1010. The van der Waals surface area contributed by atoms with Gasteiger partial charge in [-0.05, 0) is 37.0 Å². The molecule has 6 nitrogen and oxygen atoms in total. The van der Waals surface area contributed by atoms with Gasteiger partial charge >= 0.3 is 0 Å². The maximum atomic E-state index is 12.7. The van der Waals surface area contributed by atoms with Crippen molar-refractivity contribution in [1.29, 1.82) is 0 Å². The quantitative estimate of drug-likeness (QED) is 0.688. The lowest BCUT2D eigenvalue weighted by Gasteiger charge is -2.17. The highest BCUT2D eigenvalue weighted by molar-refractivity contribution is 5.79. The van der Waals surface area contributed by atoms with Crippen LogP contribution in [0.15, 0.2) is 48.8 Å². The van der Waals surface area contributed by atoms with Crippen LogP contribution in [-0.2, 0) is 11.3 Å². The normalized spacial score (nSPS) is 19.4. The fourth-order valence-electron chi connectivity index (χ4n) is 3.92. The van der Waals surface area contributed by atoms with Crippen LogP contribution in [0.5, 0.6) is 0 Å². The smallest absolute Gasteiger partial charge is 0.223 e. The van der Waals surface area contributed by atoms with Gasteiger partial charge in [-0.15, -0.1) is 0 Å². The Morgan fingerprint density at radius 2 is 1.93 bits per heavy atom. The predicted octanol–water partition coefficient (Wildman–Crippen LogP) is 3.36. The Morgan fingerprint density at radius 3 is 2.68 bits per heavy atom. The number of pyridine rings is 1. The van der Waals surface area contributed by atoms with Crippen molar-refractivity contribution in [3.8, 4) is 5.69 Å². The lowest BCUT2D eigenvalue weighted by atomic mass is 9.99. The Labute approximate surface area is 164 Å². The molecule has 5 rings (SSSR count). The Hall–Kier alpha value is -3.02. The molecule has 28 heavy (non-hydrogen) atoms. The maximum absolute atomic E-state index is 12.7. The maximum Gasteiger partial charge on any atom is 0.223 e. The summed E-state index contributed by atoms with van der Waals surface area (Å²) < 4.78 is 1.91. The van der Waals surface area contributed by atoms with E-state index in [4.69, 9.17) is 10.1 Å². The summed E-state index contributed by atoms with van der Waals surface area (Å²) in [5, 5.41) is 4.79. The van der Waals surface area contributed by atoms with Gasteiger partial charge in [0.25, 0.3) is 0 Å². The van der Waals surface area contributed by atoms with Crippen molar-refractivity contribution in [3.05, 3.63) is 71.6 Å². The van der Waals surface area contributed by atoms with E-state index in [2.05, 4.69) is 17.1 Å². The number of hydrogen-bond acceptors (Lipinski definition) is 4. The monoisotopic (exact) mass is 373 g/mol. The summed E-state index contributed by atoms with van der Waals surface area (Å²) in [6, 6.07) is 12.3. The zero-order valence-corrected chi connectivity index (χ0v) is 16.0. The number of likely N-dealkylation sites (tertiary alicyclic amines) is 1. The number of rotatable bonds is 5. The van der Waals surface area contributed by atoms with E-state index in [1.54, 1.807) is 6.20 Å². The molecule has 1 aliphatic heterocycles. The summed E-state index contributed by atoms with van der Waals surface area (Å²) >= 11 is 0. The molecular formula is C22H23N5O. The first-order chi connectivity index (χ1) is 13.7. The summed E-state index contributed by atoms with van der Waals surface area (Å²) in [5.41, 5.74) is 3.25. The molecule has 1 aromatic carbocycles. The standard InChI is InChI=1S/C22H23N5O/c1-15-12-23-10-9-19(15)27-20(24-22(25-27)17-7-8-17)14-26-13-18(11-21(26)28)16-5-3-2-4-6-16/h2-6,9-10,12,17-18H,7-8,11,13-14H2,1H3/t18-/m0/s1. The molecule has 1 saturated carbocycles. The zero-order chi connectivity index (χ0) is 19.1. The summed E-state index contributed by atoms with van der Waals surface area (Å²) in [7, 11) is 0. The van der Waals surface area contributed by atoms with Crippen molar-refractivity contribution in [2.75, 3.05) is 6.54 Å². The van der Waals surface area contributed by atoms with Crippen LogP contribution in [0.25, 0.3) is 5.69 Å². The van der Waals surface area contributed by atoms with Gasteiger partial charge in [-0.25, -0.2) is 9.67 Å². The molecule has 0 N–H and O–H groups in total. The summed E-state index contributed by atoms with van der Waals surface area (Å²) in [6.45, 7) is 3.24. The third-order valence-corrected chi connectivity index (χ3v) is 5.67. The molecule has 1 atom stereocenters. The highest BCUT2D eigenvalue weighted by atomic mass is 16.2. The number of aryl methyl sites for hydroxylation is 1. The molecule has 1 amide bonds. The second kappa shape index (κ2) is 6.86. The highest BCUT2D eigenvalue weighted by Gasteiger charge is 2.33. The molecule has 2 fully saturated rings. The van der Waals surface area contributed by atoms with Gasteiger partial charge in [-0.1, -0.05) is 30.3 Å². The van der Waals surface area contributed by atoms with E-state index in [-0.39, 0.29) is 11.8 Å². The SMILES string of the molecule is Cc1cnccc1-n1nc(C2CC2)nc1CN1C[C@@H](c2ccccc2)CC1=O. The number of hydrogen-bond donors (Lipinski definition) is 0. The number of benzene rings is 1. The van der Waals surface area contributed by atoms with Crippen molar-refractivity contribution >= 4 is 5.91 Å². The van der Waals surface area contributed by atoms with Gasteiger partial charge in [0.2, 0.25) is 5.91 Å². The Morgan fingerprint density at radius 1 is 1.11 bits per heavy atom. The minimum atomic E-state index is 0.183. The van der Waals surface area contributed by atoms with Crippen LogP contribution in [0, 0.1) is 6.92 Å². The van der Waals surface area contributed by atoms with Gasteiger partial charge < -0.3 is 4.90 Å². The number of nitrogens with zero attached hydrogens (tertiary/aromatic N) is 5. The fraction of sp³-hybridized carbons (Fsp3) is 0.364. The van der Waals surface area contributed by atoms with Crippen molar-refractivity contribution in [2.45, 2.75) is 44.6 Å². The molecule has 2 aromatic heterocycles. The molecule has 6 heteroatoms. The first-order valence-corrected chi connectivity index (χ1v) is 9.88. The summed E-state index contributed by atoms with van der Waals surface area (Å²) in [5.74, 6) is 2.63. The molecule has 142 valence electrons. The van der Waals surface area contributed by atoms with E-state index >= 15 is 0 Å². The lowest BCUT2D eigenvalue weighted by Crippen LogP contribution is -2.26. The minimum Gasteiger partial charge on any atom is -0.335 e. The van der Waals surface area contributed by atoms with Gasteiger partial charge in [0.05, 0.1) is 12.2 Å². The molecule has 0 spiro atoms. The highest BCUT2D eigenvalue weighted by Crippen LogP contribution is 2.38. The van der Waals surface area contributed by atoms with E-state index in [9.17, 15) is 4.79 Å². The van der Waals surface area contributed by atoms with Gasteiger partial charge in [-0.2, -0.15) is 5.10 Å². The number of carbonyl (C=O) groups excluding carboxylic acids is 1. The molecule has 0 unspecified atom stereocenters. The lowest BCUT2D eigenvalue weighted by molar-refractivity contribution is -0.128. The van der Waals surface area contributed by atoms with Crippen LogP contribution < -0.4 is 0 Å².